The van der Waals surface area contributed by atoms with Gasteiger partial charge in [0.2, 0.25) is 0 Å². The lowest BCUT2D eigenvalue weighted by atomic mass is 10.2. The van der Waals surface area contributed by atoms with Gasteiger partial charge < -0.3 is 24.8 Å². The Morgan fingerprint density at radius 2 is 2.07 bits per heavy atom. The summed E-state index contributed by atoms with van der Waals surface area (Å²) in [7, 11) is 1.64. The van der Waals surface area contributed by atoms with Crippen molar-refractivity contribution in [1.82, 2.24) is 15.2 Å². The third-order valence-corrected chi connectivity index (χ3v) is 5.57. The van der Waals surface area contributed by atoms with Crippen LogP contribution < -0.4 is 14.8 Å². The van der Waals surface area contributed by atoms with Crippen LogP contribution >= 0.6 is 11.3 Å². The van der Waals surface area contributed by atoms with Gasteiger partial charge in [0.1, 0.15) is 17.7 Å². The molecule has 2 heterocycles. The highest BCUT2D eigenvalue weighted by Gasteiger charge is 2.17. The van der Waals surface area contributed by atoms with Crippen LogP contribution in [0, 0.1) is 6.92 Å². The van der Waals surface area contributed by atoms with Gasteiger partial charge in [-0.25, -0.2) is 4.98 Å². The van der Waals surface area contributed by atoms with E-state index in [0.29, 0.717) is 18.0 Å². The average Bonchev–Trinajstić information content (AvgIpc) is 3.32. The summed E-state index contributed by atoms with van der Waals surface area (Å²) in [4.78, 5) is 6.73. The van der Waals surface area contributed by atoms with Crippen molar-refractivity contribution in [2.75, 3.05) is 33.4 Å². The Labute approximate surface area is 165 Å². The van der Waals surface area contributed by atoms with Crippen LogP contribution in [0.5, 0.6) is 11.5 Å². The summed E-state index contributed by atoms with van der Waals surface area (Å²) in [5.74, 6) is 1.35. The summed E-state index contributed by atoms with van der Waals surface area (Å²) in [5.41, 5.74) is 2.18. The zero-order chi connectivity index (χ0) is 19.1. The minimum atomic E-state index is -0.490. The Kier molecular flexibility index (Phi) is 7.46. The van der Waals surface area contributed by atoms with E-state index in [0.717, 1.165) is 42.4 Å². The molecule has 1 aliphatic rings. The first kappa shape index (κ1) is 20.1. The summed E-state index contributed by atoms with van der Waals surface area (Å²) < 4.78 is 11.3. The van der Waals surface area contributed by atoms with Crippen molar-refractivity contribution in [2.45, 2.75) is 39.0 Å². The van der Waals surface area contributed by atoms with Gasteiger partial charge in [0.05, 0.1) is 7.11 Å². The van der Waals surface area contributed by atoms with Gasteiger partial charge in [-0.05, 0) is 50.6 Å². The molecule has 0 saturated carbocycles. The van der Waals surface area contributed by atoms with Crippen LogP contribution in [0.2, 0.25) is 0 Å². The van der Waals surface area contributed by atoms with E-state index in [9.17, 15) is 5.11 Å². The number of hydrogen-bond acceptors (Lipinski definition) is 7. The summed E-state index contributed by atoms with van der Waals surface area (Å²) in [6.07, 6.45) is 1.95. The van der Waals surface area contributed by atoms with E-state index in [-0.39, 0.29) is 6.61 Å². The lowest BCUT2D eigenvalue weighted by Gasteiger charge is -2.20. The summed E-state index contributed by atoms with van der Waals surface area (Å²) in [6, 6.07) is 5.90. The number of aromatic nitrogens is 1. The van der Waals surface area contributed by atoms with Crippen LogP contribution in [0.15, 0.2) is 23.6 Å². The molecule has 0 amide bonds. The lowest BCUT2D eigenvalue weighted by Crippen LogP contribution is -2.33. The quantitative estimate of drug-likeness (QED) is 0.649. The van der Waals surface area contributed by atoms with Gasteiger partial charge in [-0.2, -0.15) is 0 Å². The minimum absolute atomic E-state index is 0.272. The number of nitrogens with zero attached hydrogens (tertiary/aromatic N) is 2. The number of methoxy groups -OCH3 is 1. The maximum absolute atomic E-state index is 10.2. The molecule has 6 nitrogen and oxygen atoms in total. The van der Waals surface area contributed by atoms with E-state index < -0.39 is 6.10 Å². The highest BCUT2D eigenvalue weighted by Crippen LogP contribution is 2.28. The van der Waals surface area contributed by atoms with Crippen molar-refractivity contribution in [1.29, 1.82) is 0 Å². The number of likely N-dealkylation sites (tertiary alicyclic amines) is 1. The maximum Gasteiger partial charge on any atom is 0.161 e. The van der Waals surface area contributed by atoms with Crippen molar-refractivity contribution in [3.8, 4) is 11.5 Å². The third-order valence-electron chi connectivity index (χ3n) is 4.60. The fourth-order valence-electron chi connectivity index (χ4n) is 3.24. The molecule has 0 bridgehead atoms. The Balaban J connectivity index is 1.47. The topological polar surface area (TPSA) is 66.8 Å². The fourth-order valence-corrected chi connectivity index (χ4v) is 3.98. The molecular weight excluding hydrogens is 362 g/mol. The number of aliphatic hydroxyl groups excluding tert-OH is 1. The van der Waals surface area contributed by atoms with Crippen LogP contribution in [-0.2, 0) is 13.1 Å². The molecule has 3 rings (SSSR count). The number of aliphatic hydroxyl groups is 1. The van der Waals surface area contributed by atoms with Crippen molar-refractivity contribution in [3.63, 3.8) is 0 Å². The first-order chi connectivity index (χ1) is 13.1. The SMILES string of the molecule is COc1cc(CNCc2nc(C)cs2)ccc1OCC(O)CN1CCCC1. The lowest BCUT2D eigenvalue weighted by molar-refractivity contribution is 0.0747. The van der Waals surface area contributed by atoms with E-state index in [4.69, 9.17) is 9.47 Å². The molecule has 1 aromatic carbocycles. The first-order valence-electron chi connectivity index (χ1n) is 9.46. The molecule has 7 heteroatoms. The zero-order valence-electron chi connectivity index (χ0n) is 16.1. The molecule has 1 atom stereocenters. The van der Waals surface area contributed by atoms with E-state index in [1.807, 2.05) is 25.1 Å². The molecule has 148 valence electrons. The Morgan fingerprint density at radius 1 is 1.26 bits per heavy atom. The number of β-amino-alcohol motifs (C(OH)–C–C–N with tert-alkyl or cyclic N) is 1. The Hall–Kier alpha value is -1.67. The predicted molar refractivity (Wildman–Crippen MR) is 108 cm³/mol. The molecule has 1 aliphatic heterocycles. The molecule has 1 aromatic heterocycles. The molecule has 2 N–H and O–H groups in total. The van der Waals surface area contributed by atoms with Gasteiger partial charge in [-0.1, -0.05) is 6.07 Å². The Morgan fingerprint density at radius 3 is 2.78 bits per heavy atom. The number of rotatable bonds is 10. The van der Waals surface area contributed by atoms with E-state index in [1.165, 1.54) is 12.8 Å². The fraction of sp³-hybridized carbons (Fsp3) is 0.550. The van der Waals surface area contributed by atoms with E-state index in [2.05, 4.69) is 20.6 Å². The van der Waals surface area contributed by atoms with Crippen LogP contribution in [0.1, 0.15) is 29.1 Å². The average molecular weight is 392 g/mol. The second-order valence-corrected chi connectivity index (χ2v) is 7.89. The number of nitrogens with one attached hydrogen (secondary N) is 1. The smallest absolute Gasteiger partial charge is 0.161 e. The van der Waals surface area contributed by atoms with Crippen molar-refractivity contribution in [2.24, 2.45) is 0 Å². The standard InChI is InChI=1S/C20H29N3O3S/c1-15-14-27-20(22-15)11-21-10-16-5-6-18(19(9-16)25-2)26-13-17(24)12-23-7-3-4-8-23/h5-6,9,14,17,21,24H,3-4,7-8,10-13H2,1-2H3. The van der Waals surface area contributed by atoms with Gasteiger partial charge in [0, 0.05) is 30.7 Å². The second kappa shape index (κ2) is 10.0. The van der Waals surface area contributed by atoms with Crippen molar-refractivity contribution in [3.05, 3.63) is 39.8 Å². The van der Waals surface area contributed by atoms with Gasteiger partial charge in [-0.15, -0.1) is 11.3 Å². The molecule has 0 radical (unpaired) electrons. The molecule has 1 fully saturated rings. The highest BCUT2D eigenvalue weighted by atomic mass is 32.1. The molecule has 1 saturated heterocycles. The van der Waals surface area contributed by atoms with Crippen LogP contribution in [-0.4, -0.2) is 54.4 Å². The molecule has 1 unspecified atom stereocenters. The largest absolute Gasteiger partial charge is 0.493 e. The predicted octanol–water partition coefficient (Wildman–Crippen LogP) is 2.59. The van der Waals surface area contributed by atoms with Crippen LogP contribution in [0.3, 0.4) is 0 Å². The monoisotopic (exact) mass is 391 g/mol. The second-order valence-electron chi connectivity index (χ2n) is 6.94. The van der Waals surface area contributed by atoms with Crippen molar-refractivity contribution >= 4 is 11.3 Å². The van der Waals surface area contributed by atoms with Gasteiger partial charge >= 0.3 is 0 Å². The van der Waals surface area contributed by atoms with Gasteiger partial charge in [0.25, 0.3) is 0 Å². The van der Waals surface area contributed by atoms with Gasteiger partial charge in [0.15, 0.2) is 11.5 Å². The summed E-state index contributed by atoms with van der Waals surface area (Å²) in [5, 5.41) is 16.7. The summed E-state index contributed by atoms with van der Waals surface area (Å²) in [6.45, 7) is 6.57. The molecule has 2 aromatic rings. The first-order valence-corrected chi connectivity index (χ1v) is 10.3. The molecule has 0 spiro atoms. The molecule has 0 aliphatic carbocycles. The number of aryl methyl sites for hydroxylation is 1. The van der Waals surface area contributed by atoms with E-state index >= 15 is 0 Å². The zero-order valence-corrected chi connectivity index (χ0v) is 16.9. The molecular formula is C20H29N3O3S. The van der Waals surface area contributed by atoms with Crippen LogP contribution in [0.25, 0.3) is 0 Å². The number of ether oxygens (including phenoxy) is 2. The molecule has 27 heavy (non-hydrogen) atoms. The summed E-state index contributed by atoms with van der Waals surface area (Å²) >= 11 is 1.67. The number of benzene rings is 1. The third kappa shape index (κ3) is 6.17. The maximum atomic E-state index is 10.2. The van der Waals surface area contributed by atoms with Gasteiger partial charge in [-0.3, -0.25) is 0 Å². The van der Waals surface area contributed by atoms with Crippen molar-refractivity contribution < 1.29 is 14.6 Å². The number of hydrogen-bond donors (Lipinski definition) is 2. The van der Waals surface area contributed by atoms with Crippen LogP contribution in [0.4, 0.5) is 0 Å². The Bertz CT molecular complexity index is 716. The number of thiazole rings is 1. The minimum Gasteiger partial charge on any atom is -0.493 e. The normalized spacial score (nSPS) is 15.8. The highest BCUT2D eigenvalue weighted by molar-refractivity contribution is 7.09. The van der Waals surface area contributed by atoms with E-state index in [1.54, 1.807) is 18.4 Å².